The van der Waals surface area contributed by atoms with Gasteiger partial charge in [-0.3, -0.25) is 4.90 Å². The molecule has 0 radical (unpaired) electrons. The first kappa shape index (κ1) is 27.3. The van der Waals surface area contributed by atoms with Gasteiger partial charge in [0.25, 0.3) is 0 Å². The zero-order chi connectivity index (χ0) is 28.2. The Balaban J connectivity index is 1.44. The van der Waals surface area contributed by atoms with Crippen LogP contribution >= 0.6 is 0 Å². The van der Waals surface area contributed by atoms with Crippen LogP contribution in [0.1, 0.15) is 43.0 Å². The van der Waals surface area contributed by atoms with E-state index in [0.29, 0.717) is 38.1 Å². The standard InChI is InChI=1S/C31H43NO8/c1-5-32-15-28(16-37-2)12-11-21(33)30-19-13-18-20(38-3)14-29(35,31(36,27(30)32)25(39-4)24(28)30)22(19)23(18)40-26(34)17-9-7-6-8-10-17/h6-10,18-25,27,33,35-36H,5,11-16H2,1-4H3/t18-,19-,20+,21+,22-,23+,24-,25+,27+,28+,29-,30+,31+/m1/s1. The molecule has 7 bridgehead atoms. The lowest BCUT2D eigenvalue weighted by Gasteiger charge is -2.69. The average Bonchev–Trinajstić information content (AvgIpc) is 3.36. The predicted molar refractivity (Wildman–Crippen MR) is 143 cm³/mol. The second kappa shape index (κ2) is 8.96. The number of likely N-dealkylation sites (tertiary alicyclic amines) is 1. The fourth-order valence-electron chi connectivity index (χ4n) is 11.6. The van der Waals surface area contributed by atoms with E-state index in [2.05, 4.69) is 11.8 Å². The van der Waals surface area contributed by atoms with Crippen molar-refractivity contribution >= 4 is 5.97 Å². The minimum Gasteiger partial charge on any atom is -0.458 e. The van der Waals surface area contributed by atoms with Crippen LogP contribution in [-0.4, -0.2) is 109 Å². The first-order chi connectivity index (χ1) is 19.2. The van der Waals surface area contributed by atoms with Gasteiger partial charge in [-0.05, 0) is 43.9 Å². The molecule has 1 heterocycles. The van der Waals surface area contributed by atoms with Crippen LogP contribution in [0.15, 0.2) is 30.3 Å². The lowest BCUT2D eigenvalue weighted by Crippen LogP contribution is -2.82. The number of aliphatic hydroxyl groups is 3. The normalized spacial score (nSPS) is 52.0. The SMILES string of the molecule is CCN1C[C@]2(COC)CC[C@H](O)[C@@]34[C@@H]5C[C@H]6[C@H](OC(=O)c7ccccc7)[C@@H]5[C@](O)(C[C@@H]6OC)[C@](O)([C@@H](OC)[C@H]23)[C@@H]14. The summed E-state index contributed by atoms with van der Waals surface area (Å²) >= 11 is 0. The fraction of sp³-hybridized carbons (Fsp3) is 0.774. The lowest BCUT2D eigenvalue weighted by atomic mass is 9.42. The van der Waals surface area contributed by atoms with Crippen molar-refractivity contribution in [2.45, 2.75) is 74.3 Å². The molecule has 0 unspecified atom stereocenters. The van der Waals surface area contributed by atoms with E-state index in [1.165, 1.54) is 0 Å². The van der Waals surface area contributed by atoms with Crippen LogP contribution < -0.4 is 0 Å². The van der Waals surface area contributed by atoms with Gasteiger partial charge in [0.05, 0.1) is 36.5 Å². The molecule has 1 aromatic rings. The molecule has 6 fully saturated rings. The van der Waals surface area contributed by atoms with Gasteiger partial charge in [0, 0.05) is 62.9 Å². The van der Waals surface area contributed by atoms with E-state index in [0.717, 1.165) is 6.42 Å². The molecule has 220 valence electrons. The molecule has 5 aliphatic carbocycles. The number of carbonyl (C=O) groups excluding carboxylic acids is 1. The highest BCUT2D eigenvalue weighted by Gasteiger charge is 2.91. The molecule has 13 atom stereocenters. The molecule has 6 aliphatic rings. The third kappa shape index (κ3) is 2.90. The molecule has 1 spiro atoms. The summed E-state index contributed by atoms with van der Waals surface area (Å²) in [7, 11) is 4.94. The number of piperidine rings is 1. The number of likely N-dealkylation sites (N-methyl/N-ethyl adjacent to an activating group) is 1. The summed E-state index contributed by atoms with van der Waals surface area (Å²) in [5.74, 6) is -1.60. The van der Waals surface area contributed by atoms with E-state index in [-0.39, 0.29) is 29.6 Å². The Morgan fingerprint density at radius 3 is 2.52 bits per heavy atom. The van der Waals surface area contributed by atoms with Crippen molar-refractivity contribution in [3.05, 3.63) is 35.9 Å². The van der Waals surface area contributed by atoms with Gasteiger partial charge in [-0.2, -0.15) is 0 Å². The number of rotatable bonds is 7. The third-order valence-electron chi connectivity index (χ3n) is 12.5. The molecule has 1 aromatic carbocycles. The number of carbonyl (C=O) groups is 1. The smallest absolute Gasteiger partial charge is 0.338 e. The van der Waals surface area contributed by atoms with Crippen LogP contribution in [0.3, 0.4) is 0 Å². The molecule has 0 amide bonds. The number of hydrogen-bond acceptors (Lipinski definition) is 9. The van der Waals surface area contributed by atoms with Gasteiger partial charge in [-0.25, -0.2) is 4.79 Å². The minimum absolute atomic E-state index is 0.159. The minimum atomic E-state index is -1.71. The van der Waals surface area contributed by atoms with Gasteiger partial charge in [-0.1, -0.05) is 25.1 Å². The van der Waals surface area contributed by atoms with Gasteiger partial charge < -0.3 is 34.3 Å². The highest BCUT2D eigenvalue weighted by molar-refractivity contribution is 5.89. The van der Waals surface area contributed by atoms with Gasteiger partial charge in [0.2, 0.25) is 0 Å². The van der Waals surface area contributed by atoms with Crippen molar-refractivity contribution in [3.8, 4) is 0 Å². The van der Waals surface area contributed by atoms with Gasteiger partial charge in [0.1, 0.15) is 17.3 Å². The van der Waals surface area contributed by atoms with E-state index < -0.39 is 59.0 Å². The largest absolute Gasteiger partial charge is 0.458 e. The summed E-state index contributed by atoms with van der Waals surface area (Å²) in [4.78, 5) is 15.7. The average molecular weight is 558 g/mol. The summed E-state index contributed by atoms with van der Waals surface area (Å²) < 4.78 is 24.4. The molecule has 3 N–H and O–H groups in total. The Morgan fingerprint density at radius 2 is 1.88 bits per heavy atom. The molecule has 9 nitrogen and oxygen atoms in total. The lowest BCUT2D eigenvalue weighted by molar-refractivity contribution is -0.317. The van der Waals surface area contributed by atoms with Crippen LogP contribution in [0.25, 0.3) is 0 Å². The highest BCUT2D eigenvalue weighted by Crippen LogP contribution is 2.80. The van der Waals surface area contributed by atoms with Crippen LogP contribution in [0.4, 0.5) is 0 Å². The molecule has 1 aliphatic heterocycles. The summed E-state index contributed by atoms with van der Waals surface area (Å²) in [6.45, 7) is 3.93. The molecule has 1 saturated heterocycles. The van der Waals surface area contributed by atoms with Crippen molar-refractivity contribution in [1.82, 2.24) is 4.90 Å². The maximum Gasteiger partial charge on any atom is 0.338 e. The topological polar surface area (TPSA) is 118 Å². The predicted octanol–water partition coefficient (Wildman–Crippen LogP) is 1.48. The number of fused-ring (bicyclic) bond motifs is 2. The number of esters is 1. The second-order valence-electron chi connectivity index (χ2n) is 13.4. The number of aliphatic hydroxyl groups excluding tert-OH is 1. The highest BCUT2D eigenvalue weighted by atomic mass is 16.6. The number of hydrogen-bond donors (Lipinski definition) is 3. The molecule has 5 saturated carbocycles. The summed E-state index contributed by atoms with van der Waals surface area (Å²) in [6, 6.07) is 8.38. The Bertz CT molecular complexity index is 1170. The van der Waals surface area contributed by atoms with Crippen LogP contribution in [-0.2, 0) is 18.9 Å². The monoisotopic (exact) mass is 557 g/mol. The van der Waals surface area contributed by atoms with Crippen molar-refractivity contribution in [3.63, 3.8) is 0 Å². The molecule has 0 aromatic heterocycles. The van der Waals surface area contributed by atoms with Gasteiger partial charge in [0.15, 0.2) is 0 Å². The second-order valence-corrected chi connectivity index (χ2v) is 13.4. The van der Waals surface area contributed by atoms with E-state index >= 15 is 0 Å². The summed E-state index contributed by atoms with van der Waals surface area (Å²) in [5, 5.41) is 38.4. The molecule has 9 heteroatoms. The molecular formula is C31H43NO8. The maximum atomic E-state index is 13.4. The Hall–Kier alpha value is -1.59. The Morgan fingerprint density at radius 1 is 1.12 bits per heavy atom. The fourth-order valence-corrected chi connectivity index (χ4v) is 11.6. The van der Waals surface area contributed by atoms with Crippen LogP contribution in [0, 0.1) is 34.5 Å². The number of nitrogens with zero attached hydrogens (tertiary/aromatic N) is 1. The van der Waals surface area contributed by atoms with E-state index in [4.69, 9.17) is 18.9 Å². The first-order valence-corrected chi connectivity index (χ1v) is 14.9. The number of methoxy groups -OCH3 is 3. The Labute approximate surface area is 235 Å². The summed E-state index contributed by atoms with van der Waals surface area (Å²) in [6.07, 6.45) is -0.318. The van der Waals surface area contributed by atoms with Crippen LogP contribution in [0.5, 0.6) is 0 Å². The Kier molecular flexibility index (Phi) is 6.10. The third-order valence-corrected chi connectivity index (χ3v) is 12.5. The maximum absolute atomic E-state index is 13.4. The first-order valence-electron chi connectivity index (χ1n) is 14.9. The zero-order valence-corrected chi connectivity index (χ0v) is 23.9. The van der Waals surface area contributed by atoms with Gasteiger partial charge in [-0.15, -0.1) is 0 Å². The van der Waals surface area contributed by atoms with Crippen molar-refractivity contribution in [2.75, 3.05) is 41.0 Å². The molecular weight excluding hydrogens is 514 g/mol. The van der Waals surface area contributed by atoms with E-state index in [1.54, 1.807) is 45.6 Å². The quantitative estimate of drug-likeness (QED) is 0.429. The molecule has 40 heavy (non-hydrogen) atoms. The van der Waals surface area contributed by atoms with Crippen LogP contribution in [0.2, 0.25) is 0 Å². The molecule has 7 rings (SSSR count). The van der Waals surface area contributed by atoms with E-state index in [1.807, 2.05) is 6.07 Å². The number of ether oxygens (including phenoxy) is 4. The van der Waals surface area contributed by atoms with Crippen molar-refractivity contribution in [1.29, 1.82) is 0 Å². The van der Waals surface area contributed by atoms with Crippen molar-refractivity contribution < 1.29 is 39.1 Å². The zero-order valence-electron chi connectivity index (χ0n) is 23.9. The number of benzene rings is 1. The van der Waals surface area contributed by atoms with E-state index in [9.17, 15) is 20.1 Å². The summed E-state index contributed by atoms with van der Waals surface area (Å²) in [5.41, 5.74) is -4.04. The van der Waals surface area contributed by atoms with Gasteiger partial charge >= 0.3 is 5.97 Å². The van der Waals surface area contributed by atoms with Crippen molar-refractivity contribution in [2.24, 2.45) is 34.5 Å².